The summed E-state index contributed by atoms with van der Waals surface area (Å²) in [6.07, 6.45) is 4.98. The number of anilines is 2. The van der Waals surface area contributed by atoms with Crippen LogP contribution in [0.5, 0.6) is 0 Å². The minimum absolute atomic E-state index is 0.0783. The van der Waals surface area contributed by atoms with Crippen molar-refractivity contribution in [2.75, 3.05) is 48.8 Å². The van der Waals surface area contributed by atoms with Crippen molar-refractivity contribution in [3.05, 3.63) is 88.5 Å². The lowest BCUT2D eigenvalue weighted by Gasteiger charge is -2.34. The molecule has 45 heavy (non-hydrogen) atoms. The van der Waals surface area contributed by atoms with Crippen molar-refractivity contribution in [3.8, 4) is 0 Å². The van der Waals surface area contributed by atoms with Crippen LogP contribution in [0.1, 0.15) is 42.5 Å². The second-order valence-electron chi connectivity index (χ2n) is 11.0. The molecule has 2 heterocycles. The second kappa shape index (κ2) is 15.6. The van der Waals surface area contributed by atoms with E-state index in [4.69, 9.17) is 9.47 Å². The van der Waals surface area contributed by atoms with Crippen LogP contribution in [0.4, 0.5) is 17.1 Å². The van der Waals surface area contributed by atoms with Crippen LogP contribution in [0.25, 0.3) is 0 Å². The molecule has 0 saturated carbocycles. The lowest BCUT2D eigenvalue weighted by Crippen LogP contribution is -2.34. The fourth-order valence-electron chi connectivity index (χ4n) is 5.47. The summed E-state index contributed by atoms with van der Waals surface area (Å²) in [6.45, 7) is 3.76. The number of hydrogen-bond donors (Lipinski definition) is 2. The Morgan fingerprint density at radius 1 is 0.978 bits per heavy atom. The van der Waals surface area contributed by atoms with Gasteiger partial charge >= 0.3 is 0 Å². The maximum atomic E-state index is 13.0. The van der Waals surface area contributed by atoms with E-state index in [0.717, 1.165) is 75.1 Å². The van der Waals surface area contributed by atoms with Gasteiger partial charge in [-0.2, -0.15) is 0 Å². The van der Waals surface area contributed by atoms with Crippen molar-refractivity contribution in [3.63, 3.8) is 0 Å². The van der Waals surface area contributed by atoms with E-state index in [-0.39, 0.29) is 28.1 Å². The molecule has 13 heteroatoms. The average Bonchev–Trinajstić information content (AvgIpc) is 3.07. The summed E-state index contributed by atoms with van der Waals surface area (Å²) in [5.74, 6) is 0.459. The number of nitrogens with one attached hydrogen (secondary N) is 2. The molecule has 0 aliphatic carbocycles. The third kappa shape index (κ3) is 9.19. The topological polar surface area (TPSA) is 140 Å². The van der Waals surface area contributed by atoms with E-state index >= 15 is 0 Å². The number of sulfonamides is 1. The first-order valence-electron chi connectivity index (χ1n) is 15.1. The smallest absolute Gasteiger partial charge is 0.293 e. The molecule has 0 atom stereocenters. The number of ether oxygens (including phenoxy) is 2. The van der Waals surface area contributed by atoms with Gasteiger partial charge in [-0.3, -0.25) is 14.9 Å². The van der Waals surface area contributed by atoms with Gasteiger partial charge in [-0.1, -0.05) is 18.2 Å². The summed E-state index contributed by atoms with van der Waals surface area (Å²) in [5.41, 5.74) is 0.950. The number of thioether (sulfide) groups is 1. The first-order chi connectivity index (χ1) is 21.8. The van der Waals surface area contributed by atoms with E-state index in [2.05, 4.69) is 10.2 Å². The van der Waals surface area contributed by atoms with Crippen LogP contribution in [-0.4, -0.2) is 64.1 Å². The summed E-state index contributed by atoms with van der Waals surface area (Å²) in [7, 11) is -4.36. The molecule has 0 bridgehead atoms. The van der Waals surface area contributed by atoms with E-state index in [1.54, 1.807) is 23.9 Å². The maximum absolute atomic E-state index is 13.0. The monoisotopic (exact) mass is 654 g/mol. The van der Waals surface area contributed by atoms with Crippen LogP contribution in [-0.2, 0) is 19.5 Å². The average molecular weight is 655 g/mol. The Kier molecular flexibility index (Phi) is 11.3. The molecule has 2 aliphatic rings. The van der Waals surface area contributed by atoms with Gasteiger partial charge in [0.15, 0.2) is 6.29 Å². The number of nitrogens with zero attached hydrogens (tertiary/aromatic N) is 2. The van der Waals surface area contributed by atoms with Gasteiger partial charge in [-0.15, -0.1) is 11.8 Å². The zero-order chi connectivity index (χ0) is 31.6. The molecule has 240 valence electrons. The molecule has 0 aromatic heterocycles. The Morgan fingerprint density at radius 2 is 1.69 bits per heavy atom. The Labute approximate surface area is 267 Å². The molecular weight excluding hydrogens is 617 g/mol. The van der Waals surface area contributed by atoms with Crippen LogP contribution < -0.4 is 14.9 Å². The molecule has 11 nitrogen and oxygen atoms in total. The maximum Gasteiger partial charge on any atom is 0.293 e. The zero-order valence-corrected chi connectivity index (χ0v) is 26.6. The van der Waals surface area contributed by atoms with Gasteiger partial charge in [0.1, 0.15) is 5.69 Å². The lowest BCUT2D eigenvalue weighted by atomic mass is 9.91. The summed E-state index contributed by atoms with van der Waals surface area (Å²) in [4.78, 5) is 26.9. The molecule has 3 aromatic rings. The number of amides is 1. The third-order valence-corrected chi connectivity index (χ3v) is 10.3. The minimum Gasteiger partial charge on any atom is -0.379 e. The second-order valence-corrected chi connectivity index (χ2v) is 13.9. The van der Waals surface area contributed by atoms with Gasteiger partial charge in [-0.05, 0) is 86.6 Å². The van der Waals surface area contributed by atoms with Crippen molar-refractivity contribution < 1.29 is 27.6 Å². The quantitative estimate of drug-likeness (QED) is 0.102. The van der Waals surface area contributed by atoms with Gasteiger partial charge in [0.25, 0.3) is 21.6 Å². The molecule has 1 amide bonds. The Bertz CT molecular complexity index is 1540. The van der Waals surface area contributed by atoms with Gasteiger partial charge in [0.2, 0.25) is 0 Å². The van der Waals surface area contributed by atoms with Gasteiger partial charge in [-0.25, -0.2) is 13.1 Å². The molecule has 2 fully saturated rings. The summed E-state index contributed by atoms with van der Waals surface area (Å²) in [5, 5.41) is 14.7. The van der Waals surface area contributed by atoms with Gasteiger partial charge in [0.05, 0.1) is 23.0 Å². The largest absolute Gasteiger partial charge is 0.379 e. The molecule has 2 saturated heterocycles. The molecule has 2 N–H and O–H groups in total. The lowest BCUT2D eigenvalue weighted by molar-refractivity contribution is -0.384. The fraction of sp³-hybridized carbons (Fsp3) is 0.406. The van der Waals surface area contributed by atoms with E-state index in [9.17, 15) is 23.3 Å². The number of hydrogen-bond acceptors (Lipinski definition) is 10. The fourth-order valence-corrected chi connectivity index (χ4v) is 7.25. The molecular formula is C32H38N4O7S2. The van der Waals surface area contributed by atoms with E-state index in [0.29, 0.717) is 18.2 Å². The van der Waals surface area contributed by atoms with Crippen LogP contribution in [0.15, 0.2) is 82.6 Å². The summed E-state index contributed by atoms with van der Waals surface area (Å²) < 4.78 is 39.4. The van der Waals surface area contributed by atoms with Crippen LogP contribution in [0, 0.1) is 16.0 Å². The number of benzene rings is 3. The van der Waals surface area contributed by atoms with Crippen molar-refractivity contribution in [2.45, 2.75) is 48.2 Å². The van der Waals surface area contributed by atoms with E-state index in [1.807, 2.05) is 47.2 Å². The summed E-state index contributed by atoms with van der Waals surface area (Å²) in [6, 6.07) is 20.1. The van der Waals surface area contributed by atoms with Crippen molar-refractivity contribution >= 4 is 44.8 Å². The van der Waals surface area contributed by atoms with Crippen LogP contribution in [0.3, 0.4) is 0 Å². The molecule has 3 aromatic carbocycles. The highest BCUT2D eigenvalue weighted by molar-refractivity contribution is 7.99. The van der Waals surface area contributed by atoms with Crippen molar-refractivity contribution in [1.29, 1.82) is 0 Å². The Balaban J connectivity index is 1.12. The number of carbonyl (C=O) groups excluding carboxylic acids is 1. The van der Waals surface area contributed by atoms with E-state index in [1.165, 1.54) is 12.1 Å². The molecule has 0 radical (unpaired) electrons. The highest BCUT2D eigenvalue weighted by Crippen LogP contribution is 2.29. The highest BCUT2D eigenvalue weighted by Gasteiger charge is 2.25. The first kappa shape index (κ1) is 32.7. The predicted molar refractivity (Wildman–Crippen MR) is 174 cm³/mol. The number of rotatable bonds is 13. The first-order valence-corrected chi connectivity index (χ1v) is 17.6. The van der Waals surface area contributed by atoms with Gasteiger partial charge < -0.3 is 19.7 Å². The number of nitro benzene ring substituents is 1. The SMILES string of the molecule is O=C(NS(=O)(=O)c1ccc(NCCSc2ccccc2)c([N+](=O)[O-])c1)c1ccc(N2CCC(CCC3OCCCO3)CC2)cc1. The standard InChI is InChI=1S/C32H38N4O7S2/c37-32(25-8-10-26(11-9-25)35-18-15-24(16-19-35)7-14-31-42-20-4-21-43-31)34-45(40,41)28-12-13-29(30(23-28)36(38)39)33-17-22-44-27-5-2-1-3-6-27/h1-3,5-6,8-13,23-24,31,33H,4,7,14-22H2,(H,34,37). The molecule has 5 rings (SSSR count). The Morgan fingerprint density at radius 3 is 2.38 bits per heavy atom. The number of piperidine rings is 1. The van der Waals surface area contributed by atoms with Crippen LogP contribution in [0.2, 0.25) is 0 Å². The van der Waals surface area contributed by atoms with Crippen molar-refractivity contribution in [1.82, 2.24) is 4.72 Å². The Hall–Kier alpha value is -3.65. The molecule has 0 spiro atoms. The number of carbonyl (C=O) groups is 1. The number of nitro groups is 1. The summed E-state index contributed by atoms with van der Waals surface area (Å²) >= 11 is 1.59. The van der Waals surface area contributed by atoms with E-state index < -0.39 is 20.9 Å². The molecule has 2 aliphatic heterocycles. The van der Waals surface area contributed by atoms with Crippen molar-refractivity contribution in [2.24, 2.45) is 5.92 Å². The minimum atomic E-state index is -4.36. The van der Waals surface area contributed by atoms with Gasteiger partial charge in [0, 0.05) is 47.6 Å². The zero-order valence-electron chi connectivity index (χ0n) is 24.9. The predicted octanol–water partition coefficient (Wildman–Crippen LogP) is 5.68. The highest BCUT2D eigenvalue weighted by atomic mass is 32.2. The normalized spacial score (nSPS) is 16.3. The molecule has 0 unspecified atom stereocenters. The third-order valence-electron chi connectivity index (χ3n) is 7.95. The van der Waals surface area contributed by atoms with Crippen LogP contribution >= 0.6 is 11.8 Å².